The SMILES string of the molecule is Cc1nn(Cc2c(C(=O)Nc3ccc(Cl)cn3)noc2C)c(C)c1Cl. The maximum Gasteiger partial charge on any atom is 0.279 e. The van der Waals surface area contributed by atoms with E-state index < -0.39 is 5.91 Å². The third-order valence-corrected chi connectivity index (χ3v) is 4.54. The Bertz CT molecular complexity index is 931. The van der Waals surface area contributed by atoms with Gasteiger partial charge in [-0.1, -0.05) is 28.4 Å². The van der Waals surface area contributed by atoms with Crippen molar-refractivity contribution in [3.8, 4) is 0 Å². The minimum absolute atomic E-state index is 0.179. The standard InChI is InChI=1S/C16H15Cl2N5O2/c1-8-14(18)9(2)23(21-8)7-12-10(3)25-22-15(12)16(24)20-13-5-4-11(17)6-19-13/h4-6H,7H2,1-3H3,(H,19,20,24). The van der Waals surface area contributed by atoms with Crippen molar-refractivity contribution < 1.29 is 9.32 Å². The number of pyridine rings is 1. The number of halogens is 2. The number of aromatic nitrogens is 4. The number of hydrogen-bond acceptors (Lipinski definition) is 5. The maximum atomic E-state index is 12.5. The fraction of sp³-hybridized carbons (Fsp3) is 0.250. The molecule has 0 aliphatic heterocycles. The van der Waals surface area contributed by atoms with Crippen LogP contribution in [0.15, 0.2) is 22.9 Å². The number of aryl methyl sites for hydroxylation is 2. The molecule has 130 valence electrons. The number of carbonyl (C=O) groups is 1. The molecule has 0 aliphatic carbocycles. The van der Waals surface area contributed by atoms with Gasteiger partial charge in [-0.3, -0.25) is 9.48 Å². The highest BCUT2D eigenvalue weighted by Crippen LogP contribution is 2.22. The van der Waals surface area contributed by atoms with Crippen LogP contribution in [0.5, 0.6) is 0 Å². The Morgan fingerprint density at radius 1 is 1.28 bits per heavy atom. The largest absolute Gasteiger partial charge is 0.361 e. The van der Waals surface area contributed by atoms with Crippen LogP contribution in [0, 0.1) is 20.8 Å². The summed E-state index contributed by atoms with van der Waals surface area (Å²) < 4.78 is 6.91. The summed E-state index contributed by atoms with van der Waals surface area (Å²) in [4.78, 5) is 16.6. The maximum absolute atomic E-state index is 12.5. The molecule has 0 aliphatic rings. The summed E-state index contributed by atoms with van der Waals surface area (Å²) in [6, 6.07) is 3.24. The predicted molar refractivity (Wildman–Crippen MR) is 94.3 cm³/mol. The van der Waals surface area contributed by atoms with Crippen LogP contribution < -0.4 is 5.32 Å². The van der Waals surface area contributed by atoms with Crippen LogP contribution in [-0.2, 0) is 6.54 Å². The molecule has 3 rings (SSSR count). The molecule has 3 aromatic heterocycles. The van der Waals surface area contributed by atoms with Crippen molar-refractivity contribution in [1.82, 2.24) is 19.9 Å². The lowest BCUT2D eigenvalue weighted by molar-refractivity contribution is 0.101. The number of nitrogens with one attached hydrogen (secondary N) is 1. The van der Waals surface area contributed by atoms with Gasteiger partial charge in [0.25, 0.3) is 5.91 Å². The zero-order valence-corrected chi connectivity index (χ0v) is 15.3. The summed E-state index contributed by atoms with van der Waals surface area (Å²) in [6.45, 7) is 5.76. The Balaban J connectivity index is 1.87. The first-order chi connectivity index (χ1) is 11.9. The van der Waals surface area contributed by atoms with Gasteiger partial charge in [0.05, 0.1) is 28.0 Å². The zero-order valence-electron chi connectivity index (χ0n) is 13.8. The van der Waals surface area contributed by atoms with E-state index in [0.717, 1.165) is 11.4 Å². The van der Waals surface area contributed by atoms with Gasteiger partial charge in [0.2, 0.25) is 0 Å². The average Bonchev–Trinajstić information content (AvgIpc) is 3.06. The highest BCUT2D eigenvalue weighted by Gasteiger charge is 2.22. The van der Waals surface area contributed by atoms with Gasteiger partial charge in [-0.25, -0.2) is 4.98 Å². The highest BCUT2D eigenvalue weighted by atomic mass is 35.5. The first-order valence-electron chi connectivity index (χ1n) is 7.44. The normalized spacial score (nSPS) is 10.9. The summed E-state index contributed by atoms with van der Waals surface area (Å²) in [5.74, 6) is 0.488. The number of nitrogens with zero attached hydrogens (tertiary/aromatic N) is 4. The van der Waals surface area contributed by atoms with Crippen molar-refractivity contribution in [2.24, 2.45) is 0 Å². The van der Waals surface area contributed by atoms with Gasteiger partial charge in [-0.2, -0.15) is 5.10 Å². The van der Waals surface area contributed by atoms with Crippen LogP contribution in [0.1, 0.15) is 33.2 Å². The highest BCUT2D eigenvalue weighted by molar-refractivity contribution is 6.31. The number of hydrogen-bond donors (Lipinski definition) is 1. The molecule has 7 nitrogen and oxygen atoms in total. The molecule has 1 amide bonds. The molecular formula is C16H15Cl2N5O2. The van der Waals surface area contributed by atoms with Crippen LogP contribution in [-0.4, -0.2) is 25.8 Å². The summed E-state index contributed by atoms with van der Waals surface area (Å²) in [6.07, 6.45) is 1.45. The molecule has 0 spiro atoms. The Hall–Kier alpha value is -2.38. The van der Waals surface area contributed by atoms with Crippen LogP contribution >= 0.6 is 23.2 Å². The van der Waals surface area contributed by atoms with Crippen LogP contribution in [0.2, 0.25) is 10.0 Å². The lowest BCUT2D eigenvalue weighted by Crippen LogP contribution is -2.17. The summed E-state index contributed by atoms with van der Waals surface area (Å²) >= 11 is 12.0. The molecule has 3 aromatic rings. The number of amides is 1. The van der Waals surface area contributed by atoms with E-state index in [1.807, 2.05) is 13.8 Å². The molecule has 3 heterocycles. The van der Waals surface area contributed by atoms with Crippen molar-refractivity contribution in [2.75, 3.05) is 5.32 Å². The van der Waals surface area contributed by atoms with Gasteiger partial charge < -0.3 is 9.84 Å². The van der Waals surface area contributed by atoms with Crippen molar-refractivity contribution in [3.05, 3.63) is 56.8 Å². The molecule has 1 N–H and O–H groups in total. The number of carbonyl (C=O) groups excluding carboxylic acids is 1. The Morgan fingerprint density at radius 2 is 2.04 bits per heavy atom. The van der Waals surface area contributed by atoms with Crippen LogP contribution in [0.4, 0.5) is 5.82 Å². The van der Waals surface area contributed by atoms with Gasteiger partial charge in [0.1, 0.15) is 11.6 Å². The second-order valence-electron chi connectivity index (χ2n) is 5.52. The van der Waals surface area contributed by atoms with Gasteiger partial charge in [-0.15, -0.1) is 0 Å². The topological polar surface area (TPSA) is 85.8 Å². The van der Waals surface area contributed by atoms with E-state index in [1.54, 1.807) is 23.7 Å². The van der Waals surface area contributed by atoms with Crippen LogP contribution in [0.3, 0.4) is 0 Å². The molecule has 0 unspecified atom stereocenters. The average molecular weight is 380 g/mol. The van der Waals surface area contributed by atoms with E-state index in [-0.39, 0.29) is 5.69 Å². The van der Waals surface area contributed by atoms with Gasteiger partial charge in [0.15, 0.2) is 5.69 Å². The molecule has 0 saturated carbocycles. The van der Waals surface area contributed by atoms with E-state index in [9.17, 15) is 4.79 Å². The second-order valence-corrected chi connectivity index (χ2v) is 6.34. The predicted octanol–water partition coefficient (Wildman–Crippen LogP) is 3.80. The van der Waals surface area contributed by atoms with E-state index in [0.29, 0.717) is 33.7 Å². The van der Waals surface area contributed by atoms with Crippen molar-refractivity contribution in [3.63, 3.8) is 0 Å². The third-order valence-electron chi connectivity index (χ3n) is 3.77. The minimum Gasteiger partial charge on any atom is -0.361 e. The molecule has 0 aromatic carbocycles. The van der Waals surface area contributed by atoms with Crippen molar-refractivity contribution in [2.45, 2.75) is 27.3 Å². The molecule has 0 atom stereocenters. The molecule has 0 bridgehead atoms. The van der Waals surface area contributed by atoms with Gasteiger partial charge >= 0.3 is 0 Å². The van der Waals surface area contributed by atoms with E-state index in [1.165, 1.54) is 6.20 Å². The lowest BCUT2D eigenvalue weighted by Gasteiger charge is -2.06. The Labute approximate surface area is 153 Å². The van der Waals surface area contributed by atoms with Gasteiger partial charge in [0, 0.05) is 11.8 Å². The molecule has 0 fully saturated rings. The summed E-state index contributed by atoms with van der Waals surface area (Å²) in [7, 11) is 0. The van der Waals surface area contributed by atoms with Crippen molar-refractivity contribution in [1.29, 1.82) is 0 Å². The number of rotatable bonds is 4. The number of anilines is 1. The Kier molecular flexibility index (Phi) is 4.78. The van der Waals surface area contributed by atoms with E-state index in [4.69, 9.17) is 27.7 Å². The fourth-order valence-electron chi connectivity index (χ4n) is 2.36. The molecule has 9 heteroatoms. The van der Waals surface area contributed by atoms with Crippen LogP contribution in [0.25, 0.3) is 0 Å². The summed E-state index contributed by atoms with van der Waals surface area (Å²) in [5, 5.41) is 12.0. The van der Waals surface area contributed by atoms with E-state index in [2.05, 4.69) is 20.6 Å². The quantitative estimate of drug-likeness (QED) is 0.744. The Morgan fingerprint density at radius 3 is 2.64 bits per heavy atom. The first kappa shape index (κ1) is 17.4. The molecule has 0 radical (unpaired) electrons. The fourth-order valence-corrected chi connectivity index (χ4v) is 2.61. The van der Waals surface area contributed by atoms with Gasteiger partial charge in [-0.05, 0) is 32.9 Å². The van der Waals surface area contributed by atoms with Crippen molar-refractivity contribution >= 4 is 34.9 Å². The third kappa shape index (κ3) is 3.52. The molecular weight excluding hydrogens is 365 g/mol. The smallest absolute Gasteiger partial charge is 0.279 e. The molecule has 0 saturated heterocycles. The minimum atomic E-state index is -0.422. The second kappa shape index (κ2) is 6.85. The summed E-state index contributed by atoms with van der Waals surface area (Å²) in [5.41, 5.74) is 2.35. The van der Waals surface area contributed by atoms with E-state index >= 15 is 0 Å². The first-order valence-corrected chi connectivity index (χ1v) is 8.20. The molecule has 25 heavy (non-hydrogen) atoms. The zero-order chi connectivity index (χ0) is 18.1. The monoisotopic (exact) mass is 379 g/mol. The lowest BCUT2D eigenvalue weighted by atomic mass is 10.2.